The summed E-state index contributed by atoms with van der Waals surface area (Å²) in [7, 11) is 6.01. The fourth-order valence-electron chi connectivity index (χ4n) is 3.39. The Morgan fingerprint density at radius 2 is 1.69 bits per heavy atom. The van der Waals surface area contributed by atoms with Crippen molar-refractivity contribution in [1.82, 2.24) is 0 Å². The fraction of sp³-hybridized carbons (Fsp3) is 1.00. The second-order valence-electron chi connectivity index (χ2n) is 5.18. The molecular formula is C12H21B. The summed E-state index contributed by atoms with van der Waals surface area (Å²) >= 11 is 0. The zero-order valence-corrected chi connectivity index (χ0v) is 8.84. The fourth-order valence-corrected chi connectivity index (χ4v) is 3.39. The van der Waals surface area contributed by atoms with E-state index >= 15 is 0 Å². The zero-order chi connectivity index (χ0) is 9.26. The first kappa shape index (κ1) is 9.61. The van der Waals surface area contributed by atoms with Crippen LogP contribution in [0.2, 0.25) is 5.82 Å². The van der Waals surface area contributed by atoms with Gasteiger partial charge in [-0.15, -0.1) is 0 Å². The predicted molar refractivity (Wildman–Crippen MR) is 58.0 cm³/mol. The standard InChI is InChI=1S/C12H21B/c1-2-9-3-4-11-8-12(13)6-5-10(11)7-9/h9-12H,2-8H2,1H3. The molecule has 0 saturated heterocycles. The maximum absolute atomic E-state index is 6.01. The summed E-state index contributed by atoms with van der Waals surface area (Å²) in [6, 6.07) is 0. The van der Waals surface area contributed by atoms with Crippen LogP contribution in [0.3, 0.4) is 0 Å². The van der Waals surface area contributed by atoms with Gasteiger partial charge in [-0.1, -0.05) is 44.8 Å². The van der Waals surface area contributed by atoms with Gasteiger partial charge in [-0.05, 0) is 30.6 Å². The highest BCUT2D eigenvalue weighted by atomic mass is 14.4. The first-order valence-electron chi connectivity index (χ1n) is 6.05. The molecule has 2 radical (unpaired) electrons. The Morgan fingerprint density at radius 1 is 1.00 bits per heavy atom. The van der Waals surface area contributed by atoms with Crippen molar-refractivity contribution >= 4 is 7.85 Å². The van der Waals surface area contributed by atoms with E-state index in [9.17, 15) is 0 Å². The van der Waals surface area contributed by atoms with Crippen LogP contribution in [0.5, 0.6) is 0 Å². The van der Waals surface area contributed by atoms with E-state index in [0.29, 0.717) is 5.82 Å². The van der Waals surface area contributed by atoms with Gasteiger partial charge in [0.15, 0.2) is 0 Å². The van der Waals surface area contributed by atoms with Crippen molar-refractivity contribution in [2.24, 2.45) is 17.8 Å². The zero-order valence-electron chi connectivity index (χ0n) is 8.84. The number of hydrogen-bond acceptors (Lipinski definition) is 0. The molecule has 72 valence electrons. The summed E-state index contributed by atoms with van der Waals surface area (Å²) < 4.78 is 0. The number of fused-ring (bicyclic) bond motifs is 1. The minimum Gasteiger partial charge on any atom is -0.0771 e. The van der Waals surface area contributed by atoms with Crippen LogP contribution in [0, 0.1) is 17.8 Å². The first-order valence-corrected chi connectivity index (χ1v) is 6.05. The lowest BCUT2D eigenvalue weighted by Crippen LogP contribution is -2.29. The molecule has 1 heteroatoms. The van der Waals surface area contributed by atoms with Gasteiger partial charge < -0.3 is 0 Å². The van der Waals surface area contributed by atoms with Gasteiger partial charge in [-0.3, -0.25) is 0 Å². The van der Waals surface area contributed by atoms with Crippen LogP contribution in [0.4, 0.5) is 0 Å². The third kappa shape index (κ3) is 2.11. The lowest BCUT2D eigenvalue weighted by atomic mass is 9.60. The van der Waals surface area contributed by atoms with Gasteiger partial charge in [0.25, 0.3) is 0 Å². The van der Waals surface area contributed by atoms with Crippen LogP contribution in [0.15, 0.2) is 0 Å². The van der Waals surface area contributed by atoms with Gasteiger partial charge in [0.1, 0.15) is 0 Å². The highest BCUT2D eigenvalue weighted by molar-refractivity contribution is 6.11. The molecule has 2 rings (SSSR count). The molecule has 2 saturated carbocycles. The van der Waals surface area contributed by atoms with Crippen LogP contribution in [-0.4, -0.2) is 7.85 Å². The Balaban J connectivity index is 1.90. The van der Waals surface area contributed by atoms with Gasteiger partial charge in [-0.2, -0.15) is 0 Å². The molecule has 0 amide bonds. The van der Waals surface area contributed by atoms with Crippen LogP contribution in [-0.2, 0) is 0 Å². The Bertz CT molecular complexity index is 167. The largest absolute Gasteiger partial charge is 0.0771 e. The number of rotatable bonds is 1. The van der Waals surface area contributed by atoms with Crippen molar-refractivity contribution in [3.63, 3.8) is 0 Å². The second kappa shape index (κ2) is 4.06. The molecule has 0 aromatic heterocycles. The second-order valence-corrected chi connectivity index (χ2v) is 5.18. The van der Waals surface area contributed by atoms with Gasteiger partial charge in [0.05, 0.1) is 7.85 Å². The van der Waals surface area contributed by atoms with E-state index in [2.05, 4.69) is 6.92 Å². The molecule has 0 bridgehead atoms. The quantitative estimate of drug-likeness (QED) is 0.535. The van der Waals surface area contributed by atoms with Crippen molar-refractivity contribution in [1.29, 1.82) is 0 Å². The minimum atomic E-state index is 0.527. The number of hydrogen-bond donors (Lipinski definition) is 0. The summed E-state index contributed by atoms with van der Waals surface area (Å²) in [6.07, 6.45) is 9.88. The van der Waals surface area contributed by atoms with Crippen molar-refractivity contribution in [3.05, 3.63) is 0 Å². The van der Waals surface area contributed by atoms with E-state index in [1.165, 1.54) is 44.9 Å². The summed E-state index contributed by atoms with van der Waals surface area (Å²) in [5.74, 6) is 3.60. The average molecular weight is 176 g/mol. The highest BCUT2D eigenvalue weighted by Crippen LogP contribution is 2.46. The van der Waals surface area contributed by atoms with E-state index in [0.717, 1.165) is 17.8 Å². The monoisotopic (exact) mass is 176 g/mol. The molecule has 2 aliphatic rings. The minimum absolute atomic E-state index is 0.527. The van der Waals surface area contributed by atoms with E-state index in [1.54, 1.807) is 0 Å². The van der Waals surface area contributed by atoms with Crippen LogP contribution < -0.4 is 0 Å². The Labute approximate surface area is 83.9 Å². The summed E-state index contributed by atoms with van der Waals surface area (Å²) in [6.45, 7) is 2.35. The molecule has 13 heavy (non-hydrogen) atoms. The highest BCUT2D eigenvalue weighted by Gasteiger charge is 2.33. The van der Waals surface area contributed by atoms with Gasteiger partial charge in [0.2, 0.25) is 0 Å². The molecule has 0 N–H and O–H groups in total. The van der Waals surface area contributed by atoms with Crippen molar-refractivity contribution in [2.45, 2.75) is 57.7 Å². The van der Waals surface area contributed by atoms with E-state index in [1.807, 2.05) is 0 Å². The molecule has 0 aromatic carbocycles. The first-order chi connectivity index (χ1) is 6.29. The van der Waals surface area contributed by atoms with Gasteiger partial charge in [0, 0.05) is 0 Å². The molecule has 4 unspecified atom stereocenters. The molecular weight excluding hydrogens is 155 g/mol. The molecule has 0 nitrogen and oxygen atoms in total. The third-order valence-corrected chi connectivity index (χ3v) is 4.34. The van der Waals surface area contributed by atoms with Crippen LogP contribution in [0.25, 0.3) is 0 Å². The van der Waals surface area contributed by atoms with Crippen molar-refractivity contribution in [3.8, 4) is 0 Å². The molecule has 0 spiro atoms. The van der Waals surface area contributed by atoms with Crippen molar-refractivity contribution in [2.75, 3.05) is 0 Å². The van der Waals surface area contributed by atoms with E-state index in [-0.39, 0.29) is 0 Å². The van der Waals surface area contributed by atoms with Crippen LogP contribution >= 0.6 is 0 Å². The molecule has 0 heterocycles. The molecule has 0 aliphatic heterocycles. The van der Waals surface area contributed by atoms with Crippen molar-refractivity contribution < 1.29 is 0 Å². The molecule has 2 aliphatic carbocycles. The SMILES string of the molecule is [B]C1CCC2CC(CC)CCC2C1. The average Bonchev–Trinajstić information content (AvgIpc) is 2.17. The summed E-state index contributed by atoms with van der Waals surface area (Å²) in [5, 5.41) is 0. The maximum atomic E-state index is 6.01. The molecule has 2 fully saturated rings. The lowest BCUT2D eigenvalue weighted by molar-refractivity contribution is 0.128. The smallest absolute Gasteiger partial charge is 0.0699 e. The topological polar surface area (TPSA) is 0 Å². The van der Waals surface area contributed by atoms with Gasteiger partial charge >= 0.3 is 0 Å². The summed E-state index contributed by atoms with van der Waals surface area (Å²) in [5.41, 5.74) is 0. The third-order valence-electron chi connectivity index (χ3n) is 4.34. The predicted octanol–water partition coefficient (Wildman–Crippen LogP) is 3.57. The molecule has 4 atom stereocenters. The Morgan fingerprint density at radius 3 is 2.46 bits per heavy atom. The molecule has 0 aromatic rings. The van der Waals surface area contributed by atoms with Crippen LogP contribution in [0.1, 0.15) is 51.9 Å². The Kier molecular flexibility index (Phi) is 3.01. The van der Waals surface area contributed by atoms with Gasteiger partial charge in [-0.25, -0.2) is 0 Å². The summed E-state index contributed by atoms with van der Waals surface area (Å²) in [4.78, 5) is 0. The Hall–Kier alpha value is 0.0649. The lowest BCUT2D eigenvalue weighted by Gasteiger charge is -2.41. The normalized spacial score (nSPS) is 45.6. The maximum Gasteiger partial charge on any atom is 0.0699 e. The van der Waals surface area contributed by atoms with E-state index in [4.69, 9.17) is 7.85 Å². The van der Waals surface area contributed by atoms with E-state index < -0.39 is 0 Å².